The van der Waals surface area contributed by atoms with Crippen LogP contribution in [0.15, 0.2) is 29.2 Å². The van der Waals surface area contributed by atoms with Gasteiger partial charge in [0.25, 0.3) is 0 Å². The number of sulfone groups is 1. The molecule has 0 aromatic heterocycles. The summed E-state index contributed by atoms with van der Waals surface area (Å²) >= 11 is 0. The molecular weight excluding hydrogens is 288 g/mol. The second kappa shape index (κ2) is 7.56. The zero-order chi connectivity index (χ0) is 16.0. The Bertz CT molecular complexity index is 584. The van der Waals surface area contributed by atoms with Crippen LogP contribution >= 0.6 is 0 Å². The number of unbranched alkanes of at least 4 members (excludes halogenated alkanes) is 1. The number of carbonyl (C=O) groups is 1. The van der Waals surface area contributed by atoms with Crippen molar-refractivity contribution < 1.29 is 13.2 Å². The van der Waals surface area contributed by atoms with Gasteiger partial charge in [0, 0.05) is 6.26 Å². The first-order valence-corrected chi connectivity index (χ1v) is 8.96. The molecule has 1 aromatic rings. The molecule has 0 heterocycles. The molecule has 0 bridgehead atoms. The van der Waals surface area contributed by atoms with Gasteiger partial charge in [0.2, 0.25) is 5.91 Å². The molecule has 6 heteroatoms. The van der Waals surface area contributed by atoms with Crippen LogP contribution in [-0.4, -0.2) is 45.1 Å². The number of para-hydroxylation sites is 1. The third-order valence-corrected chi connectivity index (χ3v) is 4.60. The molecule has 1 unspecified atom stereocenters. The van der Waals surface area contributed by atoms with Crippen molar-refractivity contribution in [3.63, 3.8) is 0 Å². The van der Waals surface area contributed by atoms with Crippen LogP contribution in [0.1, 0.15) is 26.7 Å². The molecule has 0 aliphatic rings. The van der Waals surface area contributed by atoms with Crippen LogP contribution in [0.2, 0.25) is 0 Å². The first-order chi connectivity index (χ1) is 9.77. The SMILES string of the molecule is CCCCN(C)C(C)C(=O)Nc1ccccc1S(C)(=O)=O. The number of hydrogen-bond acceptors (Lipinski definition) is 4. The molecule has 5 nitrogen and oxygen atoms in total. The molecule has 0 radical (unpaired) electrons. The Morgan fingerprint density at radius 2 is 1.95 bits per heavy atom. The lowest BCUT2D eigenvalue weighted by Gasteiger charge is -2.24. The van der Waals surface area contributed by atoms with E-state index >= 15 is 0 Å². The molecule has 0 fully saturated rings. The van der Waals surface area contributed by atoms with Crippen molar-refractivity contribution in [2.45, 2.75) is 37.6 Å². The minimum Gasteiger partial charge on any atom is -0.324 e. The first kappa shape index (κ1) is 17.7. The number of benzene rings is 1. The molecule has 0 saturated heterocycles. The van der Waals surface area contributed by atoms with Crippen LogP contribution in [0.4, 0.5) is 5.69 Å². The molecule has 1 atom stereocenters. The lowest BCUT2D eigenvalue weighted by molar-refractivity contribution is -0.120. The highest BCUT2D eigenvalue weighted by atomic mass is 32.2. The highest BCUT2D eigenvalue weighted by Crippen LogP contribution is 2.21. The lowest BCUT2D eigenvalue weighted by atomic mass is 10.2. The maximum Gasteiger partial charge on any atom is 0.241 e. The van der Waals surface area contributed by atoms with Crippen molar-refractivity contribution in [1.82, 2.24) is 4.90 Å². The van der Waals surface area contributed by atoms with Crippen molar-refractivity contribution in [3.8, 4) is 0 Å². The van der Waals surface area contributed by atoms with E-state index in [1.807, 2.05) is 18.9 Å². The van der Waals surface area contributed by atoms with Gasteiger partial charge in [-0.1, -0.05) is 25.5 Å². The molecular formula is C15H24N2O3S. The lowest BCUT2D eigenvalue weighted by Crippen LogP contribution is -2.40. The monoisotopic (exact) mass is 312 g/mol. The number of nitrogens with one attached hydrogen (secondary N) is 1. The molecule has 1 N–H and O–H groups in total. The molecule has 21 heavy (non-hydrogen) atoms. The van der Waals surface area contributed by atoms with Gasteiger partial charge in [-0.3, -0.25) is 9.69 Å². The minimum atomic E-state index is -3.37. The summed E-state index contributed by atoms with van der Waals surface area (Å²) in [6.07, 6.45) is 3.22. The van der Waals surface area contributed by atoms with Crippen molar-refractivity contribution in [2.24, 2.45) is 0 Å². The van der Waals surface area contributed by atoms with E-state index in [0.29, 0.717) is 5.69 Å². The van der Waals surface area contributed by atoms with Crippen molar-refractivity contribution in [2.75, 3.05) is 25.2 Å². The summed E-state index contributed by atoms with van der Waals surface area (Å²) in [7, 11) is -1.48. The third kappa shape index (κ3) is 5.13. The van der Waals surface area contributed by atoms with E-state index < -0.39 is 9.84 Å². The highest BCUT2D eigenvalue weighted by Gasteiger charge is 2.20. The average Bonchev–Trinajstić information content (AvgIpc) is 2.43. The topological polar surface area (TPSA) is 66.5 Å². The Hall–Kier alpha value is -1.40. The summed E-state index contributed by atoms with van der Waals surface area (Å²) < 4.78 is 23.4. The average molecular weight is 312 g/mol. The van der Waals surface area contributed by atoms with Gasteiger partial charge < -0.3 is 5.32 Å². The van der Waals surface area contributed by atoms with Crippen molar-refractivity contribution in [3.05, 3.63) is 24.3 Å². The van der Waals surface area contributed by atoms with E-state index in [4.69, 9.17) is 0 Å². The van der Waals surface area contributed by atoms with Crippen LogP contribution in [0.5, 0.6) is 0 Å². The molecule has 0 aliphatic carbocycles. The Morgan fingerprint density at radius 1 is 1.33 bits per heavy atom. The molecule has 1 aromatic carbocycles. The van der Waals surface area contributed by atoms with Gasteiger partial charge in [-0.25, -0.2) is 8.42 Å². The Labute approximate surface area is 127 Å². The van der Waals surface area contributed by atoms with Gasteiger partial charge >= 0.3 is 0 Å². The summed E-state index contributed by atoms with van der Waals surface area (Å²) in [5.74, 6) is -0.204. The number of amides is 1. The van der Waals surface area contributed by atoms with Crippen LogP contribution in [-0.2, 0) is 14.6 Å². The maximum absolute atomic E-state index is 12.2. The summed E-state index contributed by atoms with van der Waals surface area (Å²) in [6, 6.07) is 6.13. The largest absolute Gasteiger partial charge is 0.324 e. The maximum atomic E-state index is 12.2. The molecule has 1 amide bonds. The van der Waals surface area contributed by atoms with E-state index in [1.54, 1.807) is 18.2 Å². The molecule has 118 valence electrons. The van der Waals surface area contributed by atoms with E-state index in [0.717, 1.165) is 25.6 Å². The van der Waals surface area contributed by atoms with Gasteiger partial charge in [0.1, 0.15) is 0 Å². The van der Waals surface area contributed by atoms with Crippen LogP contribution in [0, 0.1) is 0 Å². The van der Waals surface area contributed by atoms with Gasteiger partial charge in [0.05, 0.1) is 16.6 Å². The van der Waals surface area contributed by atoms with Gasteiger partial charge in [0.15, 0.2) is 9.84 Å². The molecule has 0 aliphatic heterocycles. The second-order valence-corrected chi connectivity index (χ2v) is 7.25. The molecule has 1 rings (SSSR count). The zero-order valence-electron chi connectivity index (χ0n) is 13.1. The minimum absolute atomic E-state index is 0.141. The fraction of sp³-hybridized carbons (Fsp3) is 0.533. The van der Waals surface area contributed by atoms with Crippen LogP contribution in [0.3, 0.4) is 0 Å². The number of nitrogens with zero attached hydrogens (tertiary/aromatic N) is 1. The third-order valence-electron chi connectivity index (χ3n) is 3.45. The van der Waals surface area contributed by atoms with E-state index in [9.17, 15) is 13.2 Å². The zero-order valence-corrected chi connectivity index (χ0v) is 13.9. The first-order valence-electron chi connectivity index (χ1n) is 7.07. The normalized spacial score (nSPS) is 13.2. The van der Waals surface area contributed by atoms with Crippen molar-refractivity contribution in [1.29, 1.82) is 0 Å². The van der Waals surface area contributed by atoms with Crippen molar-refractivity contribution >= 4 is 21.4 Å². The van der Waals surface area contributed by atoms with Gasteiger partial charge in [-0.15, -0.1) is 0 Å². The molecule has 0 saturated carbocycles. The highest BCUT2D eigenvalue weighted by molar-refractivity contribution is 7.90. The number of anilines is 1. The van der Waals surface area contributed by atoms with Crippen LogP contribution < -0.4 is 5.32 Å². The fourth-order valence-corrected chi connectivity index (χ4v) is 2.78. The van der Waals surface area contributed by atoms with E-state index in [2.05, 4.69) is 12.2 Å². The quantitative estimate of drug-likeness (QED) is 0.838. The Balaban J connectivity index is 2.84. The predicted octanol–water partition coefficient (Wildman–Crippen LogP) is 2.15. The smallest absolute Gasteiger partial charge is 0.241 e. The number of rotatable bonds is 7. The van der Waals surface area contributed by atoms with Gasteiger partial charge in [-0.05, 0) is 39.1 Å². The number of hydrogen-bond donors (Lipinski definition) is 1. The molecule has 0 spiro atoms. The fourth-order valence-electron chi connectivity index (χ4n) is 1.93. The summed E-state index contributed by atoms with van der Waals surface area (Å²) in [6.45, 7) is 4.74. The summed E-state index contributed by atoms with van der Waals surface area (Å²) in [5, 5.41) is 2.71. The number of likely N-dealkylation sites (N-methyl/N-ethyl adjacent to an activating group) is 1. The Morgan fingerprint density at radius 3 is 2.52 bits per heavy atom. The number of carbonyl (C=O) groups excluding carboxylic acids is 1. The Kier molecular flexibility index (Phi) is 6.36. The predicted molar refractivity (Wildman–Crippen MR) is 85.2 cm³/mol. The summed E-state index contributed by atoms with van der Waals surface area (Å²) in [4.78, 5) is 14.3. The van der Waals surface area contributed by atoms with Crippen LogP contribution in [0.25, 0.3) is 0 Å². The van der Waals surface area contributed by atoms with Gasteiger partial charge in [-0.2, -0.15) is 0 Å². The standard InChI is InChI=1S/C15H24N2O3S/c1-5-6-11-17(3)12(2)15(18)16-13-9-7-8-10-14(13)21(4,19)20/h7-10,12H,5-6,11H2,1-4H3,(H,16,18). The summed E-state index contributed by atoms with van der Waals surface area (Å²) in [5.41, 5.74) is 0.334. The second-order valence-electron chi connectivity index (χ2n) is 5.27. The van der Waals surface area contributed by atoms with E-state index in [1.165, 1.54) is 6.07 Å². The van der Waals surface area contributed by atoms with E-state index in [-0.39, 0.29) is 16.8 Å².